The van der Waals surface area contributed by atoms with Gasteiger partial charge in [0.15, 0.2) is 0 Å². The van der Waals surface area contributed by atoms with Crippen molar-refractivity contribution in [3.8, 4) is 0 Å². The number of nitrogen functional groups attached to an aromatic ring is 1. The number of amides is 3. The molecule has 3 aliphatic rings. The van der Waals surface area contributed by atoms with Crippen LogP contribution >= 0.6 is 11.6 Å². The summed E-state index contributed by atoms with van der Waals surface area (Å²) < 4.78 is 43.0. The van der Waals surface area contributed by atoms with Crippen LogP contribution in [0.1, 0.15) is 42.9 Å². The van der Waals surface area contributed by atoms with Gasteiger partial charge < -0.3 is 31.2 Å². The second kappa shape index (κ2) is 13.8. The number of nitrogens with two attached hydrogens (primary N) is 1. The van der Waals surface area contributed by atoms with Gasteiger partial charge in [-0.15, -0.1) is 0 Å². The van der Waals surface area contributed by atoms with E-state index in [-0.39, 0.29) is 34.6 Å². The van der Waals surface area contributed by atoms with Crippen molar-refractivity contribution >= 4 is 40.3 Å². The van der Waals surface area contributed by atoms with Gasteiger partial charge in [0.05, 0.1) is 27.3 Å². The fourth-order valence-corrected chi connectivity index (χ4v) is 7.41. The predicted molar refractivity (Wildman–Crippen MR) is 173 cm³/mol. The quantitative estimate of drug-likeness (QED) is 0.296. The summed E-state index contributed by atoms with van der Waals surface area (Å²) in [5, 5.41) is 5.93. The number of piperidine rings is 2. The van der Waals surface area contributed by atoms with Crippen LogP contribution in [0.15, 0.2) is 41.2 Å². The van der Waals surface area contributed by atoms with E-state index in [1.165, 1.54) is 6.07 Å². The van der Waals surface area contributed by atoms with Gasteiger partial charge in [-0.05, 0) is 68.6 Å². The van der Waals surface area contributed by atoms with Crippen LogP contribution in [-0.2, 0) is 17.4 Å². The van der Waals surface area contributed by atoms with E-state index in [0.717, 1.165) is 43.0 Å². The molecule has 4 heterocycles. The number of alkyl halides is 3. The Morgan fingerprint density at radius 3 is 2.32 bits per heavy atom. The molecule has 11 nitrogen and oxygen atoms in total. The third-order valence-electron chi connectivity index (χ3n) is 9.72. The highest BCUT2D eigenvalue weighted by molar-refractivity contribution is 6.33. The number of para-hydroxylation sites is 2. The summed E-state index contributed by atoms with van der Waals surface area (Å²) in [5.74, 6) is -0.356. The minimum absolute atomic E-state index is 0.117. The molecule has 2 aromatic carbocycles. The SMILES string of the molecule is Nc1c(Cl)cc(C[C@@H](NC(=O)N2CCC(n3c(=O)[nH]c4ccccc43)CC2)C(=O)N2CCN(C3CCNCC3)CC2)cc1C(F)(F)F. The van der Waals surface area contributed by atoms with Crippen LogP contribution in [0.5, 0.6) is 0 Å². The lowest BCUT2D eigenvalue weighted by atomic mass is 10.00. The summed E-state index contributed by atoms with van der Waals surface area (Å²) in [6.45, 7) is 4.86. The molecule has 5 N–H and O–H groups in total. The van der Waals surface area contributed by atoms with Gasteiger partial charge in [0.1, 0.15) is 6.04 Å². The van der Waals surface area contributed by atoms with Gasteiger partial charge in [-0.25, -0.2) is 9.59 Å². The van der Waals surface area contributed by atoms with E-state index < -0.39 is 29.5 Å². The Bertz CT molecular complexity index is 1660. The van der Waals surface area contributed by atoms with Crippen LogP contribution in [0.2, 0.25) is 5.02 Å². The number of likely N-dealkylation sites (tertiary alicyclic amines) is 1. The minimum Gasteiger partial charge on any atom is -0.397 e. The highest BCUT2D eigenvalue weighted by Crippen LogP contribution is 2.38. The van der Waals surface area contributed by atoms with Crippen molar-refractivity contribution in [1.82, 2.24) is 34.9 Å². The Morgan fingerprint density at radius 2 is 1.64 bits per heavy atom. The number of nitrogens with one attached hydrogen (secondary N) is 3. The lowest BCUT2D eigenvalue weighted by molar-refractivity contribution is -0.137. The summed E-state index contributed by atoms with van der Waals surface area (Å²) in [7, 11) is 0. The third-order valence-corrected chi connectivity index (χ3v) is 10.0. The molecule has 15 heteroatoms. The number of carbonyl (C=O) groups is 2. The van der Waals surface area contributed by atoms with Crippen molar-refractivity contribution in [3.63, 3.8) is 0 Å². The number of rotatable bonds is 6. The molecular weight excluding hydrogens is 637 g/mol. The molecule has 1 aromatic heterocycles. The molecule has 3 aromatic rings. The average Bonchev–Trinajstić information content (AvgIpc) is 3.41. The van der Waals surface area contributed by atoms with Crippen LogP contribution in [0.3, 0.4) is 0 Å². The van der Waals surface area contributed by atoms with Gasteiger partial charge >= 0.3 is 17.9 Å². The van der Waals surface area contributed by atoms with Crippen LogP contribution < -0.4 is 22.1 Å². The van der Waals surface area contributed by atoms with Gasteiger partial charge in [-0.2, -0.15) is 13.2 Å². The Balaban J connectivity index is 1.16. The molecule has 1 atom stereocenters. The first kappa shape index (κ1) is 33.2. The van der Waals surface area contributed by atoms with Crippen molar-refractivity contribution in [3.05, 3.63) is 63.0 Å². The van der Waals surface area contributed by atoms with Gasteiger partial charge in [-0.1, -0.05) is 23.7 Å². The number of piperazine rings is 1. The Kier molecular flexibility index (Phi) is 9.72. The maximum Gasteiger partial charge on any atom is 0.418 e. The largest absolute Gasteiger partial charge is 0.418 e. The zero-order chi connectivity index (χ0) is 33.3. The summed E-state index contributed by atoms with van der Waals surface area (Å²) >= 11 is 6.11. The van der Waals surface area contributed by atoms with E-state index in [2.05, 4.69) is 20.5 Å². The Hall–Kier alpha value is -3.75. The van der Waals surface area contributed by atoms with Crippen molar-refractivity contribution in [2.45, 2.75) is 56.4 Å². The van der Waals surface area contributed by atoms with E-state index in [1.807, 2.05) is 24.3 Å². The van der Waals surface area contributed by atoms with Crippen molar-refractivity contribution < 1.29 is 22.8 Å². The highest BCUT2D eigenvalue weighted by Gasteiger charge is 2.37. The van der Waals surface area contributed by atoms with Gasteiger partial charge in [-0.3, -0.25) is 14.3 Å². The molecule has 0 aliphatic carbocycles. The normalized spacial score (nSPS) is 19.7. The van der Waals surface area contributed by atoms with Crippen molar-refractivity contribution in [2.75, 3.05) is 58.1 Å². The third kappa shape index (κ3) is 7.24. The van der Waals surface area contributed by atoms with E-state index >= 15 is 0 Å². The molecule has 0 saturated carbocycles. The van der Waals surface area contributed by atoms with E-state index in [9.17, 15) is 27.6 Å². The molecule has 47 heavy (non-hydrogen) atoms. The molecule has 3 aliphatic heterocycles. The number of imidazole rings is 1. The maximum atomic E-state index is 13.9. The highest BCUT2D eigenvalue weighted by atomic mass is 35.5. The molecule has 6 rings (SSSR count). The number of aromatic amines is 1. The Morgan fingerprint density at radius 1 is 0.957 bits per heavy atom. The van der Waals surface area contributed by atoms with Gasteiger partial charge in [0.2, 0.25) is 5.91 Å². The van der Waals surface area contributed by atoms with Gasteiger partial charge in [0.25, 0.3) is 0 Å². The number of aromatic nitrogens is 2. The number of halogens is 4. The van der Waals surface area contributed by atoms with E-state index in [0.29, 0.717) is 58.2 Å². The molecule has 3 fully saturated rings. The molecular formula is C32H40ClF3N8O3. The number of H-pyrrole nitrogens is 1. The number of fused-ring (bicyclic) bond motifs is 1. The molecule has 0 bridgehead atoms. The van der Waals surface area contributed by atoms with Crippen LogP contribution in [-0.4, -0.2) is 101 Å². The fourth-order valence-electron chi connectivity index (χ4n) is 7.17. The first-order valence-corrected chi connectivity index (χ1v) is 16.5. The number of nitrogens with zero attached hydrogens (tertiary/aromatic N) is 4. The molecule has 3 amide bonds. The second-order valence-electron chi connectivity index (χ2n) is 12.6. The first-order chi connectivity index (χ1) is 22.5. The lowest BCUT2D eigenvalue weighted by Gasteiger charge is -2.42. The predicted octanol–water partition coefficient (Wildman–Crippen LogP) is 3.44. The number of carbonyl (C=O) groups excluding carboxylic acids is 2. The summed E-state index contributed by atoms with van der Waals surface area (Å²) in [5.41, 5.74) is 5.46. The monoisotopic (exact) mass is 676 g/mol. The second-order valence-corrected chi connectivity index (χ2v) is 13.0. The number of benzene rings is 2. The van der Waals surface area contributed by atoms with E-state index in [1.54, 1.807) is 14.4 Å². The number of hydrogen-bond acceptors (Lipinski definition) is 6. The maximum absolute atomic E-state index is 13.9. The van der Waals surface area contributed by atoms with Crippen LogP contribution in [0.25, 0.3) is 11.0 Å². The Labute approximate surface area is 275 Å². The topological polar surface area (TPSA) is 132 Å². The summed E-state index contributed by atoms with van der Waals surface area (Å²) in [4.78, 5) is 48.8. The van der Waals surface area contributed by atoms with Crippen molar-refractivity contribution in [1.29, 1.82) is 0 Å². The summed E-state index contributed by atoms with van der Waals surface area (Å²) in [6, 6.07) is 8.37. The minimum atomic E-state index is -4.74. The number of hydrogen-bond donors (Lipinski definition) is 4. The zero-order valence-corrected chi connectivity index (χ0v) is 26.7. The molecule has 0 unspecified atom stereocenters. The average molecular weight is 677 g/mol. The zero-order valence-electron chi connectivity index (χ0n) is 26.0. The van der Waals surface area contributed by atoms with Crippen LogP contribution in [0, 0.1) is 0 Å². The van der Waals surface area contributed by atoms with Crippen LogP contribution in [0.4, 0.5) is 23.7 Å². The number of anilines is 1. The molecule has 254 valence electrons. The smallest absolute Gasteiger partial charge is 0.397 e. The molecule has 0 spiro atoms. The van der Waals surface area contributed by atoms with Gasteiger partial charge in [0, 0.05) is 57.8 Å². The number of urea groups is 1. The lowest BCUT2D eigenvalue weighted by Crippen LogP contribution is -2.59. The standard InChI is InChI=1S/C32H40ClF3N8O3/c33-24-18-20(17-23(28(24)37)32(34,35)36)19-26(29(45)42-15-13-41(14-16-42)21-5-9-38-10-6-21)40-30(46)43-11-7-22(8-12-43)44-27-4-2-1-3-25(27)39-31(44)47/h1-4,17-18,21-22,26,38H,5-16,19,37H2,(H,39,47)(H,40,46)/t26-/m1/s1. The first-order valence-electron chi connectivity index (χ1n) is 16.1. The summed E-state index contributed by atoms with van der Waals surface area (Å²) in [6.07, 6.45) is -1.81. The fraction of sp³-hybridized carbons (Fsp3) is 0.531. The van der Waals surface area contributed by atoms with E-state index in [4.69, 9.17) is 17.3 Å². The molecule has 0 radical (unpaired) electrons. The molecule has 3 saturated heterocycles. The van der Waals surface area contributed by atoms with Crippen molar-refractivity contribution in [2.24, 2.45) is 0 Å².